The van der Waals surface area contributed by atoms with Gasteiger partial charge in [-0.2, -0.15) is 0 Å². The van der Waals surface area contributed by atoms with Gasteiger partial charge in [0, 0.05) is 12.0 Å². The lowest BCUT2D eigenvalue weighted by atomic mass is 9.84. The molecule has 100 valence electrons. The van der Waals surface area contributed by atoms with Crippen LogP contribution in [-0.2, 0) is 9.59 Å². The van der Waals surface area contributed by atoms with E-state index in [1.54, 1.807) is 0 Å². The van der Waals surface area contributed by atoms with E-state index < -0.39 is 17.3 Å². The van der Waals surface area contributed by atoms with Crippen LogP contribution in [0.3, 0.4) is 0 Å². The van der Waals surface area contributed by atoms with Crippen molar-refractivity contribution in [1.29, 1.82) is 0 Å². The molecule has 0 heterocycles. The zero-order valence-electron chi connectivity index (χ0n) is 11.8. The molecule has 0 fully saturated rings. The van der Waals surface area contributed by atoms with Crippen LogP contribution in [0.1, 0.15) is 48.0 Å². The first-order valence-corrected chi connectivity index (χ1v) is 5.94. The predicted octanol–water partition coefficient (Wildman–Crippen LogP) is 2.29. The first-order valence-electron chi connectivity index (χ1n) is 5.94. The molecule has 0 aromatic rings. The predicted molar refractivity (Wildman–Crippen MR) is 67.7 cm³/mol. The van der Waals surface area contributed by atoms with Crippen molar-refractivity contribution in [1.82, 2.24) is 5.32 Å². The summed E-state index contributed by atoms with van der Waals surface area (Å²) in [6, 6.07) is 0. The summed E-state index contributed by atoms with van der Waals surface area (Å²) in [5.74, 6) is -1.49. The molecule has 17 heavy (non-hydrogen) atoms. The molecule has 0 saturated heterocycles. The molecule has 0 rings (SSSR count). The van der Waals surface area contributed by atoms with Crippen LogP contribution < -0.4 is 5.32 Å². The first kappa shape index (κ1) is 15.9. The molecule has 1 amide bonds. The standard InChI is InChI=1S/C13H25NO3/c1-12(2,3)7-9(10(15)16)8-14-11(17)13(4,5)6/h9H,7-8H2,1-6H3,(H,14,17)(H,15,16). The highest BCUT2D eigenvalue weighted by Crippen LogP contribution is 2.24. The summed E-state index contributed by atoms with van der Waals surface area (Å²) in [7, 11) is 0. The van der Waals surface area contributed by atoms with Crippen LogP contribution in [0.4, 0.5) is 0 Å². The molecule has 1 unspecified atom stereocenters. The second-order valence-corrected chi connectivity index (χ2v) is 6.76. The Morgan fingerprint density at radius 3 is 1.88 bits per heavy atom. The molecule has 0 spiro atoms. The number of nitrogens with one attached hydrogen (secondary N) is 1. The van der Waals surface area contributed by atoms with Crippen molar-refractivity contribution in [2.24, 2.45) is 16.7 Å². The Morgan fingerprint density at radius 1 is 1.12 bits per heavy atom. The van der Waals surface area contributed by atoms with Gasteiger partial charge < -0.3 is 10.4 Å². The van der Waals surface area contributed by atoms with E-state index in [-0.39, 0.29) is 17.9 Å². The van der Waals surface area contributed by atoms with Crippen molar-refractivity contribution >= 4 is 11.9 Å². The Morgan fingerprint density at radius 2 is 1.59 bits per heavy atom. The lowest BCUT2D eigenvalue weighted by molar-refractivity contribution is -0.143. The van der Waals surface area contributed by atoms with E-state index in [4.69, 9.17) is 5.11 Å². The third-order valence-electron chi connectivity index (χ3n) is 2.40. The molecular weight excluding hydrogens is 218 g/mol. The maximum absolute atomic E-state index is 11.7. The smallest absolute Gasteiger partial charge is 0.308 e. The second kappa shape index (κ2) is 5.52. The largest absolute Gasteiger partial charge is 0.481 e. The fraction of sp³-hybridized carbons (Fsp3) is 0.846. The molecule has 0 bridgehead atoms. The number of carbonyl (C=O) groups is 2. The summed E-state index contributed by atoms with van der Waals surface area (Å²) in [5, 5.41) is 11.8. The van der Waals surface area contributed by atoms with E-state index in [0.717, 1.165) is 0 Å². The summed E-state index contributed by atoms with van der Waals surface area (Å²) < 4.78 is 0. The number of hydrogen-bond donors (Lipinski definition) is 2. The summed E-state index contributed by atoms with van der Waals surface area (Å²) in [5.41, 5.74) is -0.541. The molecule has 0 aliphatic carbocycles. The van der Waals surface area contributed by atoms with Crippen LogP contribution >= 0.6 is 0 Å². The molecule has 1 atom stereocenters. The zero-order valence-corrected chi connectivity index (χ0v) is 11.8. The fourth-order valence-electron chi connectivity index (χ4n) is 1.47. The third kappa shape index (κ3) is 6.97. The molecule has 4 nitrogen and oxygen atoms in total. The number of amides is 1. The average Bonchev–Trinajstić information content (AvgIpc) is 2.07. The lowest BCUT2D eigenvalue weighted by Gasteiger charge is -2.25. The summed E-state index contributed by atoms with van der Waals surface area (Å²) in [6.07, 6.45) is 0.548. The lowest BCUT2D eigenvalue weighted by Crippen LogP contribution is -2.40. The molecule has 2 N–H and O–H groups in total. The Balaban J connectivity index is 4.40. The summed E-state index contributed by atoms with van der Waals surface area (Å²) >= 11 is 0. The summed E-state index contributed by atoms with van der Waals surface area (Å²) in [4.78, 5) is 22.7. The highest BCUT2D eigenvalue weighted by molar-refractivity contribution is 5.82. The Labute approximate surface area is 104 Å². The van der Waals surface area contributed by atoms with Crippen LogP contribution in [0.5, 0.6) is 0 Å². The normalized spacial score (nSPS) is 14.2. The maximum atomic E-state index is 11.7. The Hall–Kier alpha value is -1.06. The van der Waals surface area contributed by atoms with E-state index in [1.807, 2.05) is 41.5 Å². The van der Waals surface area contributed by atoms with Crippen molar-refractivity contribution in [3.05, 3.63) is 0 Å². The fourth-order valence-corrected chi connectivity index (χ4v) is 1.47. The molecule has 0 aromatic carbocycles. The first-order chi connectivity index (χ1) is 7.43. The summed E-state index contributed by atoms with van der Waals surface area (Å²) in [6.45, 7) is 11.6. The number of rotatable bonds is 4. The zero-order chi connectivity index (χ0) is 13.9. The SMILES string of the molecule is CC(C)(C)CC(CNC(=O)C(C)(C)C)C(=O)O. The van der Waals surface area contributed by atoms with Gasteiger partial charge in [-0.05, 0) is 11.8 Å². The molecule has 0 aromatic heterocycles. The second-order valence-electron chi connectivity index (χ2n) is 6.76. The molecule has 0 aliphatic heterocycles. The van der Waals surface area contributed by atoms with Crippen LogP contribution in [0.2, 0.25) is 0 Å². The Kier molecular flexibility index (Phi) is 5.17. The van der Waals surface area contributed by atoms with Crippen LogP contribution in [0, 0.1) is 16.7 Å². The molecule has 0 saturated carbocycles. The molecular formula is C13H25NO3. The van der Waals surface area contributed by atoms with Gasteiger partial charge in [-0.3, -0.25) is 9.59 Å². The molecule has 0 radical (unpaired) electrons. The number of carboxylic acids is 1. The van der Waals surface area contributed by atoms with Gasteiger partial charge in [0.15, 0.2) is 0 Å². The van der Waals surface area contributed by atoms with Gasteiger partial charge in [-0.15, -0.1) is 0 Å². The number of carbonyl (C=O) groups excluding carboxylic acids is 1. The van der Waals surface area contributed by atoms with Gasteiger partial charge in [-0.25, -0.2) is 0 Å². The van der Waals surface area contributed by atoms with E-state index >= 15 is 0 Å². The molecule has 4 heteroatoms. The third-order valence-corrected chi connectivity index (χ3v) is 2.40. The Bertz CT molecular complexity index is 284. The van der Waals surface area contributed by atoms with Gasteiger partial charge in [0.05, 0.1) is 5.92 Å². The highest BCUT2D eigenvalue weighted by Gasteiger charge is 2.27. The van der Waals surface area contributed by atoms with E-state index in [0.29, 0.717) is 6.42 Å². The van der Waals surface area contributed by atoms with E-state index in [2.05, 4.69) is 5.32 Å². The minimum absolute atomic E-state index is 0.0600. The van der Waals surface area contributed by atoms with Gasteiger partial charge in [0.25, 0.3) is 0 Å². The van der Waals surface area contributed by atoms with Crippen LogP contribution in [0.25, 0.3) is 0 Å². The van der Waals surface area contributed by atoms with Gasteiger partial charge >= 0.3 is 5.97 Å². The van der Waals surface area contributed by atoms with Crippen molar-refractivity contribution < 1.29 is 14.7 Å². The van der Waals surface area contributed by atoms with Gasteiger partial charge in [0.1, 0.15) is 0 Å². The van der Waals surface area contributed by atoms with E-state index in [9.17, 15) is 9.59 Å². The van der Waals surface area contributed by atoms with Gasteiger partial charge in [-0.1, -0.05) is 41.5 Å². The quantitative estimate of drug-likeness (QED) is 0.796. The number of carboxylic acid groups (broad SMARTS) is 1. The monoisotopic (exact) mass is 243 g/mol. The van der Waals surface area contributed by atoms with E-state index in [1.165, 1.54) is 0 Å². The van der Waals surface area contributed by atoms with Crippen molar-refractivity contribution in [3.63, 3.8) is 0 Å². The topological polar surface area (TPSA) is 66.4 Å². The van der Waals surface area contributed by atoms with Gasteiger partial charge in [0.2, 0.25) is 5.91 Å². The minimum Gasteiger partial charge on any atom is -0.481 e. The van der Waals surface area contributed by atoms with Crippen molar-refractivity contribution in [2.75, 3.05) is 6.54 Å². The minimum atomic E-state index is -0.853. The maximum Gasteiger partial charge on any atom is 0.308 e. The van der Waals surface area contributed by atoms with Crippen LogP contribution in [0.15, 0.2) is 0 Å². The average molecular weight is 243 g/mol. The highest BCUT2D eigenvalue weighted by atomic mass is 16.4. The van der Waals surface area contributed by atoms with Crippen molar-refractivity contribution in [2.45, 2.75) is 48.0 Å². The van der Waals surface area contributed by atoms with Crippen LogP contribution in [-0.4, -0.2) is 23.5 Å². The van der Waals surface area contributed by atoms with Crippen molar-refractivity contribution in [3.8, 4) is 0 Å². The number of hydrogen-bond acceptors (Lipinski definition) is 2. The molecule has 0 aliphatic rings. The number of aliphatic carboxylic acids is 1.